The van der Waals surface area contributed by atoms with Gasteiger partial charge in [-0.3, -0.25) is 4.57 Å². The van der Waals surface area contributed by atoms with E-state index in [9.17, 15) is 0 Å². The molecule has 0 radical (unpaired) electrons. The van der Waals surface area contributed by atoms with Crippen LogP contribution in [0.1, 0.15) is 0 Å². The maximum Gasteiger partial charge on any atom is 0.235 e. The third-order valence-electron chi connectivity index (χ3n) is 10.2. The summed E-state index contributed by atoms with van der Waals surface area (Å²) in [5, 5.41) is 10.9. The van der Waals surface area contributed by atoms with Gasteiger partial charge in [0.25, 0.3) is 0 Å². The minimum Gasteiger partial charge on any atom is -0.276 e. The van der Waals surface area contributed by atoms with Gasteiger partial charge in [-0.05, 0) is 56.9 Å². The molecule has 0 bridgehead atoms. The van der Waals surface area contributed by atoms with Crippen LogP contribution in [0.2, 0.25) is 0 Å². The molecule has 4 heteroatoms. The Kier molecular flexibility index (Phi) is 5.83. The number of hydrogen-bond acceptors (Lipinski definition) is 3. The van der Waals surface area contributed by atoms with Crippen LogP contribution < -0.4 is 0 Å². The van der Waals surface area contributed by atoms with Gasteiger partial charge in [-0.15, -0.1) is 11.3 Å². The van der Waals surface area contributed by atoms with Crippen molar-refractivity contribution in [3.63, 3.8) is 0 Å². The number of benzene rings is 8. The normalized spacial score (nSPS) is 12.0. The maximum absolute atomic E-state index is 5.54. The topological polar surface area (TPSA) is 30.7 Å². The smallest absolute Gasteiger partial charge is 0.235 e. The molecule has 3 nitrogen and oxygen atoms in total. The SMILES string of the molecule is c1ccc(-c2ccc3c(c2)c2c4ccccc4c4c5ccccc5sc4c2n3-c2nc(-c3ccccc3)c3c(ccc4ccccc43)n2)cc1. The minimum atomic E-state index is 0.674. The van der Waals surface area contributed by atoms with Crippen LogP contribution in [0.25, 0.3) is 103 Å². The molecule has 0 aliphatic heterocycles. The molecular formula is C46H27N3S. The molecule has 11 aromatic rings. The van der Waals surface area contributed by atoms with Crippen molar-refractivity contribution in [3.8, 4) is 28.3 Å². The Morgan fingerprint density at radius 1 is 0.440 bits per heavy atom. The first-order chi connectivity index (χ1) is 24.8. The second kappa shape index (κ2) is 10.6. The summed E-state index contributed by atoms with van der Waals surface area (Å²) in [4.78, 5) is 11.0. The molecule has 3 aromatic heterocycles. The Morgan fingerprint density at radius 3 is 1.90 bits per heavy atom. The van der Waals surface area contributed by atoms with Gasteiger partial charge in [-0.2, -0.15) is 0 Å². The third kappa shape index (κ3) is 3.91. The highest BCUT2D eigenvalue weighted by atomic mass is 32.1. The minimum absolute atomic E-state index is 0.674. The summed E-state index contributed by atoms with van der Waals surface area (Å²) in [5.74, 6) is 0.674. The summed E-state index contributed by atoms with van der Waals surface area (Å²) >= 11 is 1.86. The van der Waals surface area contributed by atoms with Gasteiger partial charge in [0.05, 0.1) is 26.9 Å². The zero-order chi connectivity index (χ0) is 32.8. The van der Waals surface area contributed by atoms with Gasteiger partial charge >= 0.3 is 0 Å². The average molecular weight is 654 g/mol. The molecule has 232 valence electrons. The van der Waals surface area contributed by atoms with E-state index < -0.39 is 0 Å². The standard InChI is InChI=1S/C46H27N3S/c1-3-13-28(14-4-1)31-24-26-38-36(27-31)40-33-19-9-10-20-34(33)41-35-21-11-12-22-39(35)50-45(41)44(40)49(38)46-47-37-25-23-29-15-7-8-18-32(29)42(37)43(48-46)30-16-5-2-6-17-30/h1-27H. The fourth-order valence-corrected chi connectivity index (χ4v) is 9.25. The van der Waals surface area contributed by atoms with E-state index in [0.717, 1.165) is 38.6 Å². The number of nitrogens with zero attached hydrogens (tertiary/aromatic N) is 3. The van der Waals surface area contributed by atoms with E-state index in [1.807, 2.05) is 11.3 Å². The molecule has 0 amide bonds. The molecule has 3 heterocycles. The molecule has 0 spiro atoms. The van der Waals surface area contributed by atoms with E-state index in [4.69, 9.17) is 9.97 Å². The highest BCUT2D eigenvalue weighted by Gasteiger charge is 2.24. The van der Waals surface area contributed by atoms with Crippen molar-refractivity contribution in [2.75, 3.05) is 0 Å². The van der Waals surface area contributed by atoms with Crippen molar-refractivity contribution in [1.29, 1.82) is 0 Å². The third-order valence-corrected chi connectivity index (χ3v) is 11.4. The number of fused-ring (bicyclic) bond motifs is 13. The Labute approximate surface area is 291 Å². The molecule has 0 unspecified atom stereocenters. The van der Waals surface area contributed by atoms with Crippen molar-refractivity contribution in [2.24, 2.45) is 0 Å². The maximum atomic E-state index is 5.54. The summed E-state index contributed by atoms with van der Waals surface area (Å²) in [7, 11) is 0. The fraction of sp³-hybridized carbons (Fsp3) is 0. The van der Waals surface area contributed by atoms with E-state index in [-0.39, 0.29) is 0 Å². The average Bonchev–Trinajstić information content (AvgIpc) is 3.75. The van der Waals surface area contributed by atoms with Crippen LogP contribution in [0.5, 0.6) is 0 Å². The molecule has 0 saturated carbocycles. The second-order valence-electron chi connectivity index (χ2n) is 12.9. The van der Waals surface area contributed by atoms with Gasteiger partial charge in [-0.25, -0.2) is 9.97 Å². The number of aromatic nitrogens is 3. The largest absolute Gasteiger partial charge is 0.276 e. The van der Waals surface area contributed by atoms with Crippen molar-refractivity contribution in [1.82, 2.24) is 14.5 Å². The quantitative estimate of drug-likeness (QED) is 0.178. The molecule has 0 saturated heterocycles. The number of thiophene rings is 1. The summed E-state index contributed by atoms with van der Waals surface area (Å²) in [6, 6.07) is 58.7. The van der Waals surface area contributed by atoms with Crippen LogP contribution in [0.3, 0.4) is 0 Å². The Morgan fingerprint density at radius 2 is 1.10 bits per heavy atom. The molecule has 50 heavy (non-hydrogen) atoms. The van der Waals surface area contributed by atoms with Crippen LogP contribution in [-0.2, 0) is 0 Å². The Bertz CT molecular complexity index is 3140. The van der Waals surface area contributed by atoms with E-state index >= 15 is 0 Å². The number of hydrogen-bond donors (Lipinski definition) is 0. The molecule has 11 rings (SSSR count). The lowest BCUT2D eigenvalue weighted by atomic mass is 9.97. The van der Waals surface area contributed by atoms with Gasteiger partial charge in [0, 0.05) is 37.2 Å². The zero-order valence-corrected chi connectivity index (χ0v) is 27.7. The molecule has 0 aliphatic carbocycles. The van der Waals surface area contributed by atoms with Crippen LogP contribution in [0, 0.1) is 0 Å². The summed E-state index contributed by atoms with van der Waals surface area (Å²) in [6.45, 7) is 0. The second-order valence-corrected chi connectivity index (χ2v) is 14.0. The number of rotatable bonds is 3. The van der Waals surface area contributed by atoms with E-state index in [1.54, 1.807) is 0 Å². The first-order valence-corrected chi connectivity index (χ1v) is 17.7. The molecule has 0 aliphatic rings. The lowest BCUT2D eigenvalue weighted by Gasteiger charge is -2.14. The van der Waals surface area contributed by atoms with Gasteiger partial charge in [-0.1, -0.05) is 140 Å². The summed E-state index contributed by atoms with van der Waals surface area (Å²) in [5.41, 5.74) is 7.56. The van der Waals surface area contributed by atoms with Gasteiger partial charge in [0.1, 0.15) is 0 Å². The van der Waals surface area contributed by atoms with Crippen molar-refractivity contribution < 1.29 is 0 Å². The van der Waals surface area contributed by atoms with Crippen LogP contribution in [0.15, 0.2) is 164 Å². The van der Waals surface area contributed by atoms with Gasteiger partial charge < -0.3 is 0 Å². The van der Waals surface area contributed by atoms with Crippen molar-refractivity contribution in [2.45, 2.75) is 0 Å². The van der Waals surface area contributed by atoms with E-state index in [0.29, 0.717) is 5.95 Å². The van der Waals surface area contributed by atoms with E-state index in [1.165, 1.54) is 58.2 Å². The van der Waals surface area contributed by atoms with Gasteiger partial charge in [0.2, 0.25) is 5.95 Å². The van der Waals surface area contributed by atoms with Crippen molar-refractivity contribution in [3.05, 3.63) is 164 Å². The summed E-state index contributed by atoms with van der Waals surface area (Å²) < 4.78 is 4.86. The first-order valence-electron chi connectivity index (χ1n) is 16.9. The van der Waals surface area contributed by atoms with Gasteiger partial charge in [0.15, 0.2) is 0 Å². The lowest BCUT2D eigenvalue weighted by Crippen LogP contribution is -2.04. The molecule has 8 aromatic carbocycles. The Hall–Kier alpha value is -6.36. The van der Waals surface area contributed by atoms with E-state index in [2.05, 4.69) is 168 Å². The van der Waals surface area contributed by atoms with Crippen molar-refractivity contribution >= 4 is 85.8 Å². The molecule has 0 N–H and O–H groups in total. The Balaban J connectivity index is 1.36. The van der Waals surface area contributed by atoms with Crippen LogP contribution >= 0.6 is 11.3 Å². The zero-order valence-electron chi connectivity index (χ0n) is 26.8. The lowest BCUT2D eigenvalue weighted by molar-refractivity contribution is 1.02. The molecular weight excluding hydrogens is 627 g/mol. The predicted octanol–water partition coefficient (Wildman–Crippen LogP) is 12.7. The molecule has 0 fully saturated rings. The fourth-order valence-electron chi connectivity index (χ4n) is 7.99. The van der Waals surface area contributed by atoms with Crippen LogP contribution in [-0.4, -0.2) is 14.5 Å². The molecule has 0 atom stereocenters. The van der Waals surface area contributed by atoms with Crippen LogP contribution in [0.4, 0.5) is 0 Å². The monoisotopic (exact) mass is 653 g/mol. The predicted molar refractivity (Wildman–Crippen MR) is 213 cm³/mol. The first kappa shape index (κ1) is 27.6. The highest BCUT2D eigenvalue weighted by Crippen LogP contribution is 2.48. The summed E-state index contributed by atoms with van der Waals surface area (Å²) in [6.07, 6.45) is 0. The highest BCUT2D eigenvalue weighted by molar-refractivity contribution is 7.27.